The SMILES string of the molecule is C[C@H](NC(=O)[C@@H]1CCCNC1)C(=O)N1CCC(O)(Cn2ccc3ncccc32)CC1. The highest BCUT2D eigenvalue weighted by Crippen LogP contribution is 2.26. The summed E-state index contributed by atoms with van der Waals surface area (Å²) >= 11 is 0. The first kappa shape index (κ1) is 20.8. The second-order valence-electron chi connectivity index (χ2n) is 8.67. The van der Waals surface area contributed by atoms with Crippen LogP contribution in [0, 0.1) is 5.92 Å². The summed E-state index contributed by atoms with van der Waals surface area (Å²) in [7, 11) is 0. The summed E-state index contributed by atoms with van der Waals surface area (Å²) in [6.07, 6.45) is 6.57. The van der Waals surface area contributed by atoms with E-state index in [1.165, 1.54) is 0 Å². The van der Waals surface area contributed by atoms with Crippen molar-refractivity contribution in [2.24, 2.45) is 5.92 Å². The molecule has 2 atom stereocenters. The second-order valence-corrected chi connectivity index (χ2v) is 8.67. The number of fused-ring (bicyclic) bond motifs is 1. The molecule has 2 amide bonds. The fourth-order valence-electron chi connectivity index (χ4n) is 4.52. The van der Waals surface area contributed by atoms with Crippen molar-refractivity contribution in [2.45, 2.75) is 50.8 Å². The van der Waals surface area contributed by atoms with Crippen molar-refractivity contribution in [1.29, 1.82) is 0 Å². The Labute approximate surface area is 176 Å². The van der Waals surface area contributed by atoms with Crippen LogP contribution in [0.2, 0.25) is 0 Å². The first-order valence-electron chi connectivity index (χ1n) is 10.9. The number of nitrogens with zero attached hydrogens (tertiary/aromatic N) is 3. The molecule has 2 aliphatic rings. The molecule has 0 saturated carbocycles. The van der Waals surface area contributed by atoms with Gasteiger partial charge in [-0.1, -0.05) is 0 Å². The normalized spacial score (nSPS) is 22.6. The first-order valence-corrected chi connectivity index (χ1v) is 10.9. The Bertz CT molecular complexity index is 897. The van der Waals surface area contributed by atoms with Gasteiger partial charge in [-0.15, -0.1) is 0 Å². The van der Waals surface area contributed by atoms with E-state index in [4.69, 9.17) is 0 Å². The Kier molecular flexibility index (Phi) is 6.06. The van der Waals surface area contributed by atoms with E-state index in [0.717, 1.165) is 30.4 Å². The van der Waals surface area contributed by atoms with Gasteiger partial charge in [0.25, 0.3) is 0 Å². The Morgan fingerprint density at radius 3 is 2.90 bits per heavy atom. The van der Waals surface area contributed by atoms with Crippen molar-refractivity contribution in [2.75, 3.05) is 26.2 Å². The predicted octanol–water partition coefficient (Wildman–Crippen LogP) is 0.894. The van der Waals surface area contributed by atoms with Crippen molar-refractivity contribution < 1.29 is 14.7 Å². The third kappa shape index (κ3) is 4.49. The van der Waals surface area contributed by atoms with Crippen molar-refractivity contribution >= 4 is 22.8 Å². The van der Waals surface area contributed by atoms with Crippen LogP contribution in [0.5, 0.6) is 0 Å². The van der Waals surface area contributed by atoms with Gasteiger partial charge < -0.3 is 25.2 Å². The zero-order valence-electron chi connectivity index (χ0n) is 17.5. The number of amides is 2. The molecule has 4 heterocycles. The fourth-order valence-corrected chi connectivity index (χ4v) is 4.52. The molecular weight excluding hydrogens is 382 g/mol. The largest absolute Gasteiger partial charge is 0.388 e. The lowest BCUT2D eigenvalue weighted by atomic mass is 9.91. The minimum Gasteiger partial charge on any atom is -0.388 e. The zero-order valence-corrected chi connectivity index (χ0v) is 17.5. The van der Waals surface area contributed by atoms with E-state index in [9.17, 15) is 14.7 Å². The average molecular weight is 414 g/mol. The van der Waals surface area contributed by atoms with Gasteiger partial charge in [-0.25, -0.2) is 0 Å². The maximum atomic E-state index is 12.8. The van der Waals surface area contributed by atoms with E-state index in [1.807, 2.05) is 29.0 Å². The number of aliphatic hydroxyl groups is 1. The number of aromatic nitrogens is 2. The molecule has 0 aromatic carbocycles. The lowest BCUT2D eigenvalue weighted by Crippen LogP contribution is -2.54. The number of piperidine rings is 2. The second kappa shape index (κ2) is 8.73. The first-order chi connectivity index (χ1) is 14.5. The van der Waals surface area contributed by atoms with Gasteiger partial charge >= 0.3 is 0 Å². The van der Waals surface area contributed by atoms with Gasteiger partial charge in [0.2, 0.25) is 11.8 Å². The van der Waals surface area contributed by atoms with Crippen LogP contribution in [0.3, 0.4) is 0 Å². The van der Waals surface area contributed by atoms with Crippen LogP contribution >= 0.6 is 0 Å². The number of hydrogen-bond donors (Lipinski definition) is 3. The zero-order chi connectivity index (χ0) is 21.1. The number of likely N-dealkylation sites (tertiary alicyclic amines) is 1. The van der Waals surface area contributed by atoms with Gasteiger partial charge in [0, 0.05) is 32.0 Å². The van der Waals surface area contributed by atoms with E-state index in [1.54, 1.807) is 18.0 Å². The van der Waals surface area contributed by atoms with Crippen LogP contribution in [0.4, 0.5) is 0 Å². The molecule has 0 radical (unpaired) electrons. The maximum Gasteiger partial charge on any atom is 0.244 e. The molecule has 0 unspecified atom stereocenters. The van der Waals surface area contributed by atoms with Crippen LogP contribution in [0.25, 0.3) is 11.0 Å². The van der Waals surface area contributed by atoms with Crippen LogP contribution in [0.1, 0.15) is 32.6 Å². The Morgan fingerprint density at radius 1 is 1.37 bits per heavy atom. The minimum atomic E-state index is -0.862. The van der Waals surface area contributed by atoms with Crippen molar-refractivity contribution in [3.8, 4) is 0 Å². The van der Waals surface area contributed by atoms with Gasteiger partial charge in [0.05, 0.1) is 29.1 Å². The quantitative estimate of drug-likeness (QED) is 0.676. The lowest BCUT2D eigenvalue weighted by molar-refractivity contribution is -0.140. The van der Waals surface area contributed by atoms with Crippen LogP contribution < -0.4 is 10.6 Å². The van der Waals surface area contributed by atoms with Gasteiger partial charge in [0.1, 0.15) is 6.04 Å². The molecule has 0 bridgehead atoms. The van der Waals surface area contributed by atoms with E-state index in [2.05, 4.69) is 15.6 Å². The number of nitrogens with one attached hydrogen (secondary N) is 2. The van der Waals surface area contributed by atoms with Crippen molar-refractivity contribution in [3.05, 3.63) is 30.6 Å². The summed E-state index contributed by atoms with van der Waals surface area (Å²) in [4.78, 5) is 31.3. The number of rotatable bonds is 5. The summed E-state index contributed by atoms with van der Waals surface area (Å²) in [6.45, 7) is 4.81. The smallest absolute Gasteiger partial charge is 0.244 e. The molecule has 0 spiro atoms. The molecule has 8 nitrogen and oxygen atoms in total. The molecule has 30 heavy (non-hydrogen) atoms. The van der Waals surface area contributed by atoms with E-state index < -0.39 is 11.6 Å². The Balaban J connectivity index is 1.30. The molecule has 2 aromatic rings. The number of pyridine rings is 1. The number of hydrogen-bond acceptors (Lipinski definition) is 5. The molecular formula is C22H31N5O3. The van der Waals surface area contributed by atoms with Crippen LogP contribution in [-0.2, 0) is 16.1 Å². The standard InChI is InChI=1S/C22H31N5O3/c1-16(25-20(28)17-4-2-9-23-14-17)21(29)26-12-7-22(30,8-13-26)15-27-11-6-18-19(27)5-3-10-24-18/h3,5-6,10-11,16-17,23,30H,2,4,7-9,12-15H2,1H3,(H,25,28)/t16-,17+/m0/s1. The maximum absolute atomic E-state index is 12.8. The number of carbonyl (C=O) groups is 2. The van der Waals surface area contributed by atoms with Crippen molar-refractivity contribution in [1.82, 2.24) is 25.1 Å². The van der Waals surface area contributed by atoms with Gasteiger partial charge in [-0.3, -0.25) is 14.6 Å². The molecule has 4 rings (SSSR count). The molecule has 8 heteroatoms. The molecule has 2 fully saturated rings. The van der Waals surface area contributed by atoms with E-state index in [0.29, 0.717) is 39.0 Å². The van der Waals surface area contributed by atoms with E-state index in [-0.39, 0.29) is 17.7 Å². The highest BCUT2D eigenvalue weighted by molar-refractivity contribution is 5.88. The molecule has 3 N–H and O–H groups in total. The monoisotopic (exact) mass is 413 g/mol. The summed E-state index contributed by atoms with van der Waals surface area (Å²) in [5.41, 5.74) is 1.04. The van der Waals surface area contributed by atoms with E-state index >= 15 is 0 Å². The van der Waals surface area contributed by atoms with Gasteiger partial charge in [-0.05, 0) is 57.4 Å². The highest BCUT2D eigenvalue weighted by Gasteiger charge is 2.36. The third-order valence-corrected chi connectivity index (χ3v) is 6.41. The summed E-state index contributed by atoms with van der Waals surface area (Å²) in [5, 5.41) is 17.2. The average Bonchev–Trinajstić information content (AvgIpc) is 3.16. The third-order valence-electron chi connectivity index (χ3n) is 6.41. The summed E-state index contributed by atoms with van der Waals surface area (Å²) in [5.74, 6) is -0.194. The topological polar surface area (TPSA) is 99.5 Å². The van der Waals surface area contributed by atoms with Crippen molar-refractivity contribution in [3.63, 3.8) is 0 Å². The Morgan fingerprint density at radius 2 is 2.17 bits per heavy atom. The minimum absolute atomic E-state index is 0.0512. The summed E-state index contributed by atoms with van der Waals surface area (Å²) < 4.78 is 2.03. The molecule has 2 aromatic heterocycles. The van der Waals surface area contributed by atoms with Crippen LogP contribution in [-0.4, -0.2) is 69.2 Å². The van der Waals surface area contributed by atoms with Gasteiger partial charge in [0.15, 0.2) is 0 Å². The van der Waals surface area contributed by atoms with Crippen LogP contribution in [0.15, 0.2) is 30.6 Å². The molecule has 0 aliphatic carbocycles. The molecule has 2 aliphatic heterocycles. The predicted molar refractivity (Wildman–Crippen MR) is 114 cm³/mol. The fraction of sp³-hybridized carbons (Fsp3) is 0.591. The highest BCUT2D eigenvalue weighted by atomic mass is 16.3. The number of carbonyl (C=O) groups excluding carboxylic acids is 2. The summed E-state index contributed by atoms with van der Waals surface area (Å²) in [6, 6.07) is 5.29. The molecule has 2 saturated heterocycles. The molecule has 162 valence electrons. The lowest BCUT2D eigenvalue weighted by Gasteiger charge is -2.39. The Hall–Kier alpha value is -2.45. The van der Waals surface area contributed by atoms with Gasteiger partial charge in [-0.2, -0.15) is 0 Å².